The quantitative estimate of drug-likeness (QED) is 0.681. The van der Waals surface area contributed by atoms with Crippen LogP contribution in [-0.2, 0) is 6.42 Å². The summed E-state index contributed by atoms with van der Waals surface area (Å²) >= 11 is 0. The first-order valence-electron chi connectivity index (χ1n) is 4.36. The van der Waals surface area contributed by atoms with Crippen LogP contribution in [0.5, 0.6) is 11.5 Å². The Labute approximate surface area is 84.1 Å². The smallest absolute Gasteiger partial charge is 0.218 e. The molecule has 0 saturated heterocycles. The summed E-state index contributed by atoms with van der Waals surface area (Å²) in [6.07, 6.45) is 0.663. The average Bonchev–Trinajstić information content (AvgIpc) is 2.25. The number of ether oxygens (including phenoxy) is 2. The van der Waals surface area contributed by atoms with E-state index in [0.29, 0.717) is 13.0 Å². The molecule has 3 heteroatoms. The Balaban J connectivity index is 3.00. The highest BCUT2D eigenvalue weighted by atomic mass is 16.5. The van der Waals surface area contributed by atoms with Gasteiger partial charge in [-0.3, -0.25) is 0 Å². The topological polar surface area (TPSA) is 22.8 Å². The highest BCUT2D eigenvalue weighted by Gasteiger charge is 2.09. The Bertz CT molecular complexity index is 319. The van der Waals surface area contributed by atoms with Crippen molar-refractivity contribution in [3.8, 4) is 11.5 Å². The first-order chi connectivity index (χ1) is 6.83. The maximum atomic E-state index is 6.75. The number of methoxy groups -OCH3 is 2. The van der Waals surface area contributed by atoms with Crippen LogP contribution in [-0.4, -0.2) is 20.8 Å². The zero-order valence-corrected chi connectivity index (χ0v) is 8.41. The van der Waals surface area contributed by atoms with Crippen molar-refractivity contribution in [2.45, 2.75) is 6.42 Å². The molecule has 0 bridgehead atoms. The van der Waals surface area contributed by atoms with E-state index in [1.165, 1.54) is 0 Å². The van der Waals surface area contributed by atoms with Crippen LogP contribution in [0.2, 0.25) is 0 Å². The van der Waals surface area contributed by atoms with E-state index in [0.717, 1.165) is 17.1 Å². The molecule has 74 valence electrons. The molecule has 1 rings (SSSR count). The van der Waals surface area contributed by atoms with Gasteiger partial charge in [0.05, 0.1) is 20.6 Å². The molecule has 0 aliphatic heterocycles. The molecule has 0 saturated carbocycles. The van der Waals surface area contributed by atoms with Crippen molar-refractivity contribution in [2.75, 3.05) is 20.8 Å². The molecule has 0 fully saturated rings. The van der Waals surface area contributed by atoms with Gasteiger partial charge in [-0.25, -0.2) is 6.57 Å². The molecule has 1 aromatic rings. The fourth-order valence-corrected chi connectivity index (χ4v) is 1.34. The third-order valence-electron chi connectivity index (χ3n) is 2.00. The first kappa shape index (κ1) is 10.4. The Kier molecular flexibility index (Phi) is 3.81. The second-order valence-corrected chi connectivity index (χ2v) is 2.77. The van der Waals surface area contributed by atoms with Crippen LogP contribution >= 0.6 is 0 Å². The van der Waals surface area contributed by atoms with E-state index in [2.05, 4.69) is 4.85 Å². The molecular weight excluding hydrogens is 178 g/mol. The predicted octanol–water partition coefficient (Wildman–Crippen LogP) is 2.17. The Hall–Kier alpha value is -1.69. The average molecular weight is 191 g/mol. The zero-order valence-electron chi connectivity index (χ0n) is 8.41. The van der Waals surface area contributed by atoms with Crippen molar-refractivity contribution in [3.63, 3.8) is 0 Å². The maximum absolute atomic E-state index is 6.75. The van der Waals surface area contributed by atoms with Gasteiger partial charge in [-0.15, -0.1) is 0 Å². The highest BCUT2D eigenvalue weighted by molar-refractivity contribution is 5.45. The monoisotopic (exact) mass is 191 g/mol. The summed E-state index contributed by atoms with van der Waals surface area (Å²) in [5.74, 6) is 1.57. The molecule has 0 amide bonds. The molecule has 0 aliphatic carbocycles. The van der Waals surface area contributed by atoms with Crippen LogP contribution in [0.3, 0.4) is 0 Å². The van der Waals surface area contributed by atoms with Crippen molar-refractivity contribution in [1.29, 1.82) is 0 Å². The molecule has 0 N–H and O–H groups in total. The van der Waals surface area contributed by atoms with Gasteiger partial charge in [-0.05, 0) is 12.1 Å². The van der Waals surface area contributed by atoms with E-state index in [1.54, 1.807) is 14.2 Å². The molecule has 0 radical (unpaired) electrons. The van der Waals surface area contributed by atoms with E-state index in [-0.39, 0.29) is 0 Å². The Morgan fingerprint density at radius 3 is 2.21 bits per heavy atom. The van der Waals surface area contributed by atoms with E-state index in [4.69, 9.17) is 16.0 Å². The Morgan fingerprint density at radius 1 is 1.21 bits per heavy atom. The second-order valence-electron chi connectivity index (χ2n) is 2.77. The van der Waals surface area contributed by atoms with Gasteiger partial charge in [0.15, 0.2) is 0 Å². The number of rotatable bonds is 4. The normalized spacial score (nSPS) is 9.21. The summed E-state index contributed by atoms with van der Waals surface area (Å²) in [5.41, 5.74) is 0.966. The standard InChI is InChI=1S/C11H13NO2/c1-12-8-7-9-10(13-2)5-4-6-11(9)14-3/h4-6H,7-8H2,2-3H3. The molecule has 0 spiro atoms. The lowest BCUT2D eigenvalue weighted by Crippen LogP contribution is -1.97. The SMILES string of the molecule is [C-]#[N+]CCc1c(OC)cccc1OC. The fourth-order valence-electron chi connectivity index (χ4n) is 1.34. The van der Waals surface area contributed by atoms with Crippen molar-refractivity contribution < 1.29 is 9.47 Å². The van der Waals surface area contributed by atoms with Gasteiger partial charge in [0.25, 0.3) is 0 Å². The largest absolute Gasteiger partial charge is 0.496 e. The summed E-state index contributed by atoms with van der Waals surface area (Å²) in [6, 6.07) is 5.63. The Morgan fingerprint density at radius 2 is 1.79 bits per heavy atom. The van der Waals surface area contributed by atoms with Gasteiger partial charge in [0, 0.05) is 5.56 Å². The molecule has 0 aliphatic rings. The van der Waals surface area contributed by atoms with Crippen molar-refractivity contribution >= 4 is 0 Å². The molecule has 0 aromatic heterocycles. The van der Waals surface area contributed by atoms with E-state index < -0.39 is 0 Å². The number of nitrogens with zero attached hydrogens (tertiary/aromatic N) is 1. The van der Waals surface area contributed by atoms with Crippen molar-refractivity contribution in [2.24, 2.45) is 0 Å². The number of hydrogen-bond acceptors (Lipinski definition) is 2. The van der Waals surface area contributed by atoms with E-state index >= 15 is 0 Å². The third-order valence-corrected chi connectivity index (χ3v) is 2.00. The minimum atomic E-state index is 0.455. The summed E-state index contributed by atoms with van der Waals surface area (Å²) in [5, 5.41) is 0. The lowest BCUT2D eigenvalue weighted by Gasteiger charge is -2.10. The minimum Gasteiger partial charge on any atom is -0.496 e. The third kappa shape index (κ3) is 2.17. The minimum absolute atomic E-state index is 0.455. The predicted molar refractivity (Wildman–Crippen MR) is 54.7 cm³/mol. The van der Waals surface area contributed by atoms with E-state index in [1.807, 2.05) is 18.2 Å². The zero-order chi connectivity index (χ0) is 10.4. The van der Waals surface area contributed by atoms with Gasteiger partial charge >= 0.3 is 0 Å². The second kappa shape index (κ2) is 5.13. The number of benzene rings is 1. The van der Waals surface area contributed by atoms with E-state index in [9.17, 15) is 0 Å². The summed E-state index contributed by atoms with van der Waals surface area (Å²) in [6.45, 7) is 7.21. The van der Waals surface area contributed by atoms with Gasteiger partial charge in [0.2, 0.25) is 6.54 Å². The van der Waals surface area contributed by atoms with Crippen LogP contribution in [0.25, 0.3) is 4.85 Å². The van der Waals surface area contributed by atoms with Crippen LogP contribution in [0.15, 0.2) is 18.2 Å². The fraction of sp³-hybridized carbons (Fsp3) is 0.364. The van der Waals surface area contributed by atoms with Crippen molar-refractivity contribution in [1.82, 2.24) is 0 Å². The van der Waals surface area contributed by atoms with Gasteiger partial charge in [-0.2, -0.15) is 0 Å². The molecule has 1 aromatic carbocycles. The molecule has 0 unspecified atom stereocenters. The summed E-state index contributed by atoms with van der Waals surface area (Å²) in [4.78, 5) is 3.32. The molecular formula is C11H13NO2. The lowest BCUT2D eigenvalue weighted by atomic mass is 10.1. The lowest BCUT2D eigenvalue weighted by molar-refractivity contribution is 0.386. The van der Waals surface area contributed by atoms with Gasteiger partial charge < -0.3 is 14.3 Å². The maximum Gasteiger partial charge on any atom is 0.218 e. The van der Waals surface area contributed by atoms with Crippen LogP contribution in [0.1, 0.15) is 5.56 Å². The van der Waals surface area contributed by atoms with Gasteiger partial charge in [-0.1, -0.05) is 6.07 Å². The van der Waals surface area contributed by atoms with Crippen LogP contribution < -0.4 is 9.47 Å². The molecule has 0 atom stereocenters. The van der Waals surface area contributed by atoms with Crippen LogP contribution in [0.4, 0.5) is 0 Å². The number of hydrogen-bond donors (Lipinski definition) is 0. The summed E-state index contributed by atoms with van der Waals surface area (Å²) in [7, 11) is 3.24. The van der Waals surface area contributed by atoms with Crippen molar-refractivity contribution in [3.05, 3.63) is 35.2 Å². The molecule has 14 heavy (non-hydrogen) atoms. The van der Waals surface area contributed by atoms with Crippen LogP contribution in [0, 0.1) is 6.57 Å². The highest BCUT2D eigenvalue weighted by Crippen LogP contribution is 2.28. The molecule has 3 nitrogen and oxygen atoms in total. The summed E-state index contributed by atoms with van der Waals surface area (Å²) < 4.78 is 10.4. The van der Waals surface area contributed by atoms with Gasteiger partial charge in [0.1, 0.15) is 11.5 Å². The first-order valence-corrected chi connectivity index (χ1v) is 4.36. The molecule has 0 heterocycles.